The first kappa shape index (κ1) is 15.8. The van der Waals surface area contributed by atoms with Gasteiger partial charge in [0.1, 0.15) is 12.4 Å². The number of halogens is 3. The monoisotopic (exact) mass is 277 g/mol. The largest absolute Gasteiger partial charge is 0.497 e. The summed E-state index contributed by atoms with van der Waals surface area (Å²) >= 11 is 0. The van der Waals surface area contributed by atoms with E-state index < -0.39 is 12.8 Å². The Morgan fingerprint density at radius 2 is 2.05 bits per heavy atom. The van der Waals surface area contributed by atoms with E-state index >= 15 is 0 Å². The fourth-order valence-electron chi connectivity index (χ4n) is 1.67. The maximum Gasteiger partial charge on any atom is 0.411 e. The normalized spacial score (nSPS) is 13.3. The Balaban J connectivity index is 2.65. The minimum Gasteiger partial charge on any atom is -0.497 e. The third kappa shape index (κ3) is 5.94. The highest BCUT2D eigenvalue weighted by molar-refractivity contribution is 5.30. The summed E-state index contributed by atoms with van der Waals surface area (Å²) in [6, 6.07) is 6.89. The number of rotatable bonds is 7. The van der Waals surface area contributed by atoms with Crippen LogP contribution in [0, 0.1) is 0 Å². The van der Waals surface area contributed by atoms with Crippen LogP contribution in [0.25, 0.3) is 0 Å². The maximum absolute atomic E-state index is 12.0. The quantitative estimate of drug-likeness (QED) is 0.831. The fraction of sp³-hybridized carbons (Fsp3) is 0.538. The van der Waals surface area contributed by atoms with Gasteiger partial charge in [-0.05, 0) is 24.2 Å². The Labute approximate surface area is 110 Å². The molecule has 0 radical (unpaired) electrons. The zero-order valence-corrected chi connectivity index (χ0v) is 11.0. The molecule has 1 rings (SSSR count). The molecule has 108 valence electrons. The third-order valence-electron chi connectivity index (χ3n) is 2.50. The van der Waals surface area contributed by atoms with Crippen LogP contribution in [0.4, 0.5) is 13.2 Å². The Morgan fingerprint density at radius 3 is 2.63 bits per heavy atom. The van der Waals surface area contributed by atoms with Gasteiger partial charge >= 0.3 is 6.18 Å². The van der Waals surface area contributed by atoms with E-state index in [0.29, 0.717) is 12.3 Å². The highest BCUT2D eigenvalue weighted by atomic mass is 19.4. The van der Waals surface area contributed by atoms with Gasteiger partial charge in [-0.2, -0.15) is 13.2 Å². The first-order valence-corrected chi connectivity index (χ1v) is 5.98. The molecular weight excluding hydrogens is 259 g/mol. The average Bonchev–Trinajstić information content (AvgIpc) is 2.36. The van der Waals surface area contributed by atoms with Gasteiger partial charge in [-0.15, -0.1) is 0 Å². The molecule has 0 aliphatic rings. The molecule has 1 aromatic rings. The second kappa shape index (κ2) is 7.35. The lowest BCUT2D eigenvalue weighted by Gasteiger charge is -2.19. The van der Waals surface area contributed by atoms with Crippen LogP contribution in [0.1, 0.15) is 18.5 Å². The van der Waals surface area contributed by atoms with Crippen LogP contribution >= 0.6 is 0 Å². The van der Waals surface area contributed by atoms with Crippen LogP contribution in [-0.4, -0.2) is 33.0 Å². The molecule has 0 aromatic heterocycles. The molecule has 0 bridgehead atoms. The van der Waals surface area contributed by atoms with Gasteiger partial charge in [0.25, 0.3) is 0 Å². The van der Waals surface area contributed by atoms with Gasteiger partial charge in [0.15, 0.2) is 0 Å². The minimum atomic E-state index is -4.30. The molecule has 0 aliphatic heterocycles. The predicted octanol–water partition coefficient (Wildman–Crippen LogP) is 2.92. The number of methoxy groups -OCH3 is 1. The summed E-state index contributed by atoms with van der Waals surface area (Å²) in [5.41, 5.74) is 0.836. The van der Waals surface area contributed by atoms with Gasteiger partial charge in [-0.1, -0.05) is 19.1 Å². The zero-order valence-electron chi connectivity index (χ0n) is 11.0. The summed E-state index contributed by atoms with van der Waals surface area (Å²) in [5, 5.41) is 3.09. The highest BCUT2D eigenvalue weighted by Gasteiger charge is 2.28. The molecule has 0 amide bonds. The summed E-state index contributed by atoms with van der Waals surface area (Å²) in [7, 11) is 1.54. The van der Waals surface area contributed by atoms with E-state index in [1.807, 2.05) is 13.0 Å². The Morgan fingerprint density at radius 1 is 1.32 bits per heavy atom. The SMILES string of the molecule is CCNC(COCC(F)(F)F)c1cccc(OC)c1. The van der Waals surface area contributed by atoms with Crippen molar-refractivity contribution in [3.8, 4) is 5.75 Å². The lowest BCUT2D eigenvalue weighted by Crippen LogP contribution is -2.28. The van der Waals surface area contributed by atoms with E-state index in [1.165, 1.54) is 0 Å². The van der Waals surface area contributed by atoms with Crippen molar-refractivity contribution in [3.63, 3.8) is 0 Å². The number of hydrogen-bond donors (Lipinski definition) is 1. The van der Waals surface area contributed by atoms with Crippen molar-refractivity contribution in [2.24, 2.45) is 0 Å². The molecule has 0 aliphatic carbocycles. The van der Waals surface area contributed by atoms with E-state index in [4.69, 9.17) is 9.47 Å². The minimum absolute atomic E-state index is 0.0412. The molecule has 0 heterocycles. The average molecular weight is 277 g/mol. The molecule has 0 saturated carbocycles. The van der Waals surface area contributed by atoms with Crippen molar-refractivity contribution in [2.45, 2.75) is 19.1 Å². The zero-order chi connectivity index (χ0) is 14.3. The first-order chi connectivity index (χ1) is 8.96. The molecular formula is C13H18F3NO2. The molecule has 0 spiro atoms. The van der Waals surface area contributed by atoms with E-state index in [9.17, 15) is 13.2 Å². The maximum atomic E-state index is 12.0. The van der Waals surface area contributed by atoms with Gasteiger partial charge < -0.3 is 14.8 Å². The van der Waals surface area contributed by atoms with Crippen molar-refractivity contribution < 1.29 is 22.6 Å². The number of likely N-dealkylation sites (N-methyl/N-ethyl adjacent to an activating group) is 1. The van der Waals surface area contributed by atoms with E-state index in [0.717, 1.165) is 5.56 Å². The standard InChI is InChI=1S/C13H18F3NO2/c1-3-17-12(8-19-9-13(14,15)16)10-5-4-6-11(7-10)18-2/h4-7,12,17H,3,8-9H2,1-2H3. The molecule has 1 aromatic carbocycles. The molecule has 0 saturated heterocycles. The van der Waals surface area contributed by atoms with E-state index in [1.54, 1.807) is 25.3 Å². The van der Waals surface area contributed by atoms with Crippen LogP contribution in [-0.2, 0) is 4.74 Å². The highest BCUT2D eigenvalue weighted by Crippen LogP contribution is 2.21. The first-order valence-electron chi connectivity index (χ1n) is 5.98. The van der Waals surface area contributed by atoms with Crippen molar-refractivity contribution >= 4 is 0 Å². The van der Waals surface area contributed by atoms with Gasteiger partial charge in [0, 0.05) is 0 Å². The van der Waals surface area contributed by atoms with Crippen LogP contribution in [0.15, 0.2) is 24.3 Å². The molecule has 1 unspecified atom stereocenters. The number of ether oxygens (including phenoxy) is 2. The lowest BCUT2D eigenvalue weighted by atomic mass is 10.1. The summed E-state index contributed by atoms with van der Waals surface area (Å²) in [4.78, 5) is 0. The molecule has 1 atom stereocenters. The van der Waals surface area contributed by atoms with Crippen LogP contribution in [0.3, 0.4) is 0 Å². The van der Waals surface area contributed by atoms with E-state index in [-0.39, 0.29) is 12.6 Å². The summed E-state index contributed by atoms with van der Waals surface area (Å²) < 4.78 is 45.9. The Hall–Kier alpha value is -1.27. The molecule has 1 N–H and O–H groups in total. The van der Waals surface area contributed by atoms with Gasteiger partial charge in [0.05, 0.1) is 19.8 Å². The van der Waals surface area contributed by atoms with Crippen LogP contribution in [0.5, 0.6) is 5.75 Å². The second-order valence-electron chi connectivity index (χ2n) is 4.02. The molecule has 19 heavy (non-hydrogen) atoms. The third-order valence-corrected chi connectivity index (χ3v) is 2.50. The fourth-order valence-corrected chi connectivity index (χ4v) is 1.67. The molecule has 3 nitrogen and oxygen atoms in total. The van der Waals surface area contributed by atoms with Gasteiger partial charge in [-0.25, -0.2) is 0 Å². The van der Waals surface area contributed by atoms with Crippen LogP contribution in [0.2, 0.25) is 0 Å². The molecule has 0 fully saturated rings. The smallest absolute Gasteiger partial charge is 0.411 e. The number of benzene rings is 1. The Bertz CT molecular complexity index is 382. The summed E-state index contributed by atoms with van der Waals surface area (Å²) in [6.07, 6.45) is -4.30. The summed E-state index contributed by atoms with van der Waals surface area (Å²) in [5.74, 6) is 0.663. The number of nitrogens with one attached hydrogen (secondary N) is 1. The van der Waals surface area contributed by atoms with E-state index in [2.05, 4.69) is 5.32 Å². The number of hydrogen-bond acceptors (Lipinski definition) is 3. The topological polar surface area (TPSA) is 30.5 Å². The lowest BCUT2D eigenvalue weighted by molar-refractivity contribution is -0.175. The van der Waals surface area contributed by atoms with Gasteiger partial charge in [-0.3, -0.25) is 0 Å². The summed E-state index contributed by atoms with van der Waals surface area (Å²) in [6.45, 7) is 1.24. The Kier molecular flexibility index (Phi) is 6.11. The van der Waals surface area contributed by atoms with Gasteiger partial charge in [0.2, 0.25) is 0 Å². The van der Waals surface area contributed by atoms with Crippen molar-refractivity contribution in [1.82, 2.24) is 5.32 Å². The van der Waals surface area contributed by atoms with Crippen molar-refractivity contribution in [3.05, 3.63) is 29.8 Å². The second-order valence-corrected chi connectivity index (χ2v) is 4.02. The predicted molar refractivity (Wildman–Crippen MR) is 66.3 cm³/mol. The van der Waals surface area contributed by atoms with Crippen molar-refractivity contribution in [1.29, 1.82) is 0 Å². The van der Waals surface area contributed by atoms with Crippen molar-refractivity contribution in [2.75, 3.05) is 26.9 Å². The number of alkyl halides is 3. The molecule has 6 heteroatoms. The van der Waals surface area contributed by atoms with Crippen LogP contribution < -0.4 is 10.1 Å².